The Morgan fingerprint density at radius 2 is 2.15 bits per heavy atom. The van der Waals surface area contributed by atoms with Crippen LogP contribution in [0.5, 0.6) is 0 Å². The summed E-state index contributed by atoms with van der Waals surface area (Å²) in [5, 5.41) is 19.2. The molecule has 1 rings (SSSR count). The SMILES string of the molecule is C[n+]1cccc(C(=O)[O-])c1C(=O)O. The van der Waals surface area contributed by atoms with Gasteiger partial charge in [-0.3, -0.25) is 0 Å². The Labute approximate surface area is 73.9 Å². The monoisotopic (exact) mass is 181 g/mol. The van der Waals surface area contributed by atoms with E-state index >= 15 is 0 Å². The van der Waals surface area contributed by atoms with Gasteiger partial charge in [0.25, 0.3) is 5.69 Å². The molecule has 0 aliphatic carbocycles. The third kappa shape index (κ3) is 1.64. The van der Waals surface area contributed by atoms with Gasteiger partial charge in [0, 0.05) is 6.07 Å². The minimum absolute atomic E-state index is 0.289. The van der Waals surface area contributed by atoms with Crippen LogP contribution in [0.15, 0.2) is 18.3 Å². The molecular weight excluding hydrogens is 174 g/mol. The highest BCUT2D eigenvalue weighted by Crippen LogP contribution is 2.01. The van der Waals surface area contributed by atoms with Crippen LogP contribution in [0.4, 0.5) is 0 Å². The fourth-order valence-corrected chi connectivity index (χ4v) is 1.04. The first-order valence-electron chi connectivity index (χ1n) is 3.47. The quantitative estimate of drug-likeness (QED) is 0.567. The highest BCUT2D eigenvalue weighted by Gasteiger charge is 2.21. The molecule has 13 heavy (non-hydrogen) atoms. The number of rotatable bonds is 2. The standard InChI is InChI=1S/C8H7NO4/c1-9-4-2-3-5(7(10)11)6(9)8(12)13/h2-4H,1H3,(H-,10,11,12,13). The first-order chi connectivity index (χ1) is 6.04. The summed E-state index contributed by atoms with van der Waals surface area (Å²) in [6.45, 7) is 0. The van der Waals surface area contributed by atoms with Crippen molar-refractivity contribution in [3.8, 4) is 0 Å². The van der Waals surface area contributed by atoms with E-state index in [0.717, 1.165) is 0 Å². The Bertz CT molecular complexity index is 372. The highest BCUT2D eigenvalue weighted by molar-refractivity contribution is 5.98. The van der Waals surface area contributed by atoms with Crippen LogP contribution in [0, 0.1) is 0 Å². The minimum atomic E-state index is -1.49. The number of carboxylic acids is 2. The van der Waals surface area contributed by atoms with Crippen molar-refractivity contribution in [1.82, 2.24) is 0 Å². The van der Waals surface area contributed by atoms with Crippen molar-refractivity contribution in [2.24, 2.45) is 7.05 Å². The number of aromatic nitrogens is 1. The Hall–Kier alpha value is -1.91. The maximum absolute atomic E-state index is 10.6. The molecule has 0 radical (unpaired) electrons. The average Bonchev–Trinajstić information content (AvgIpc) is 2.02. The summed E-state index contributed by atoms with van der Waals surface area (Å²) in [4.78, 5) is 21.1. The number of pyridine rings is 1. The van der Waals surface area contributed by atoms with Gasteiger partial charge in [0.1, 0.15) is 7.05 Å². The fourth-order valence-electron chi connectivity index (χ4n) is 1.04. The predicted octanol–water partition coefficient (Wildman–Crippen LogP) is -1.43. The first kappa shape index (κ1) is 9.18. The summed E-state index contributed by atoms with van der Waals surface area (Å²) >= 11 is 0. The van der Waals surface area contributed by atoms with Gasteiger partial charge >= 0.3 is 5.97 Å². The van der Waals surface area contributed by atoms with Gasteiger partial charge in [-0.2, -0.15) is 4.57 Å². The van der Waals surface area contributed by atoms with Crippen molar-refractivity contribution in [1.29, 1.82) is 0 Å². The third-order valence-electron chi connectivity index (χ3n) is 1.60. The van der Waals surface area contributed by atoms with Crippen LogP contribution < -0.4 is 9.67 Å². The van der Waals surface area contributed by atoms with Gasteiger partial charge in [-0.1, -0.05) is 0 Å². The van der Waals surface area contributed by atoms with Crippen LogP contribution >= 0.6 is 0 Å². The van der Waals surface area contributed by atoms with Crippen LogP contribution in [-0.2, 0) is 7.05 Å². The summed E-state index contributed by atoms with van der Waals surface area (Å²) in [6, 6.07) is 2.64. The van der Waals surface area contributed by atoms with E-state index in [-0.39, 0.29) is 11.3 Å². The van der Waals surface area contributed by atoms with Crippen molar-refractivity contribution in [3.63, 3.8) is 0 Å². The summed E-state index contributed by atoms with van der Waals surface area (Å²) < 4.78 is 1.22. The van der Waals surface area contributed by atoms with Crippen LogP contribution in [0.25, 0.3) is 0 Å². The molecule has 1 heterocycles. The Kier molecular flexibility index (Phi) is 2.27. The zero-order chi connectivity index (χ0) is 10.0. The molecule has 0 saturated carbocycles. The Morgan fingerprint density at radius 3 is 2.54 bits per heavy atom. The van der Waals surface area contributed by atoms with E-state index in [9.17, 15) is 14.7 Å². The van der Waals surface area contributed by atoms with Crippen LogP contribution in [0.3, 0.4) is 0 Å². The maximum Gasteiger partial charge on any atom is 0.401 e. The molecule has 0 aromatic carbocycles. The zero-order valence-corrected chi connectivity index (χ0v) is 6.85. The number of aromatic carboxylic acids is 2. The molecule has 1 aromatic rings. The van der Waals surface area contributed by atoms with Crippen LogP contribution in [0.2, 0.25) is 0 Å². The van der Waals surface area contributed by atoms with Crippen molar-refractivity contribution in [3.05, 3.63) is 29.6 Å². The topological polar surface area (TPSA) is 81.3 Å². The van der Waals surface area contributed by atoms with Gasteiger partial charge in [-0.25, -0.2) is 4.79 Å². The normalized spacial score (nSPS) is 9.62. The summed E-state index contributed by atoms with van der Waals surface area (Å²) in [6.07, 6.45) is 1.45. The lowest BCUT2D eigenvalue weighted by molar-refractivity contribution is -0.674. The second kappa shape index (κ2) is 3.22. The van der Waals surface area contributed by atoms with Crippen LogP contribution in [-0.4, -0.2) is 17.0 Å². The number of hydrogen-bond donors (Lipinski definition) is 1. The van der Waals surface area contributed by atoms with E-state index in [1.807, 2.05) is 0 Å². The molecular formula is C8H7NO4. The van der Waals surface area contributed by atoms with E-state index in [2.05, 4.69) is 0 Å². The number of carbonyl (C=O) groups is 2. The number of hydrogen-bond acceptors (Lipinski definition) is 3. The van der Waals surface area contributed by atoms with Crippen LogP contribution in [0.1, 0.15) is 20.8 Å². The van der Waals surface area contributed by atoms with Gasteiger partial charge in [-0.05, 0) is 6.07 Å². The molecule has 0 atom stereocenters. The largest absolute Gasteiger partial charge is 0.545 e. The third-order valence-corrected chi connectivity index (χ3v) is 1.60. The van der Waals surface area contributed by atoms with Crippen molar-refractivity contribution < 1.29 is 24.4 Å². The smallest absolute Gasteiger partial charge is 0.401 e. The lowest BCUT2D eigenvalue weighted by Crippen LogP contribution is -2.40. The first-order valence-corrected chi connectivity index (χ1v) is 3.47. The molecule has 68 valence electrons. The Morgan fingerprint density at radius 1 is 1.54 bits per heavy atom. The van der Waals surface area contributed by atoms with E-state index in [4.69, 9.17) is 5.11 Å². The van der Waals surface area contributed by atoms with Crippen molar-refractivity contribution >= 4 is 11.9 Å². The second-order valence-corrected chi connectivity index (χ2v) is 2.47. The number of nitrogens with zero attached hydrogens (tertiary/aromatic N) is 1. The summed E-state index contributed by atoms with van der Waals surface area (Å²) in [5.41, 5.74) is -0.611. The van der Waals surface area contributed by atoms with E-state index < -0.39 is 11.9 Å². The molecule has 0 aliphatic heterocycles. The molecule has 5 nitrogen and oxygen atoms in total. The van der Waals surface area contributed by atoms with E-state index in [1.165, 1.54) is 29.9 Å². The number of aryl methyl sites for hydroxylation is 1. The Balaban J connectivity index is 3.43. The summed E-state index contributed by atoms with van der Waals surface area (Å²) in [7, 11) is 1.45. The van der Waals surface area contributed by atoms with Gasteiger partial charge in [0.2, 0.25) is 0 Å². The molecule has 0 unspecified atom stereocenters. The fraction of sp³-hybridized carbons (Fsp3) is 0.125. The molecule has 0 amide bonds. The van der Waals surface area contributed by atoms with Crippen molar-refractivity contribution in [2.75, 3.05) is 0 Å². The average molecular weight is 181 g/mol. The molecule has 0 fully saturated rings. The van der Waals surface area contributed by atoms with Crippen molar-refractivity contribution in [2.45, 2.75) is 0 Å². The lowest BCUT2D eigenvalue weighted by atomic mass is 10.2. The van der Waals surface area contributed by atoms with Gasteiger partial charge < -0.3 is 15.0 Å². The number of carbonyl (C=O) groups excluding carboxylic acids is 1. The summed E-state index contributed by atoms with van der Waals surface area (Å²) in [5.74, 6) is -2.78. The van der Waals surface area contributed by atoms with E-state index in [0.29, 0.717) is 0 Å². The predicted molar refractivity (Wildman–Crippen MR) is 38.9 cm³/mol. The number of carboxylic acid groups (broad SMARTS) is 2. The molecule has 1 N–H and O–H groups in total. The highest BCUT2D eigenvalue weighted by atomic mass is 16.4. The molecule has 0 aliphatic rings. The minimum Gasteiger partial charge on any atom is -0.545 e. The lowest BCUT2D eigenvalue weighted by Gasteiger charge is -2.03. The molecule has 0 saturated heterocycles. The maximum atomic E-state index is 10.6. The van der Waals surface area contributed by atoms with Gasteiger partial charge in [0.05, 0.1) is 11.5 Å². The molecule has 0 spiro atoms. The van der Waals surface area contributed by atoms with E-state index in [1.54, 1.807) is 0 Å². The molecule has 0 bridgehead atoms. The molecule has 1 aromatic heterocycles. The molecule has 5 heteroatoms. The van der Waals surface area contributed by atoms with Gasteiger partial charge in [-0.15, -0.1) is 0 Å². The zero-order valence-electron chi connectivity index (χ0n) is 6.85. The second-order valence-electron chi connectivity index (χ2n) is 2.47. The van der Waals surface area contributed by atoms with Gasteiger partial charge in [0.15, 0.2) is 6.20 Å².